The van der Waals surface area contributed by atoms with E-state index in [1.54, 1.807) is 17.0 Å². The Bertz CT molecular complexity index is 1000. The van der Waals surface area contributed by atoms with E-state index in [0.29, 0.717) is 36.9 Å². The van der Waals surface area contributed by atoms with Crippen molar-refractivity contribution >= 4 is 38.9 Å². The number of sulfonamides is 1. The van der Waals surface area contributed by atoms with Crippen LogP contribution < -0.4 is 9.21 Å². The van der Waals surface area contributed by atoms with Crippen LogP contribution in [-0.4, -0.2) is 58.2 Å². The number of amides is 1. The van der Waals surface area contributed by atoms with Gasteiger partial charge in [-0.05, 0) is 48.7 Å². The summed E-state index contributed by atoms with van der Waals surface area (Å²) in [6.45, 7) is 6.32. The van der Waals surface area contributed by atoms with Crippen molar-refractivity contribution in [3.8, 4) is 0 Å². The minimum Gasteiger partial charge on any atom is -0.368 e. The van der Waals surface area contributed by atoms with Gasteiger partial charge in [0.2, 0.25) is 15.9 Å². The van der Waals surface area contributed by atoms with Crippen molar-refractivity contribution in [1.82, 2.24) is 4.90 Å². The lowest BCUT2D eigenvalue weighted by molar-refractivity contribution is -0.129. The zero-order chi connectivity index (χ0) is 21.9. The molecule has 1 aliphatic heterocycles. The maximum atomic E-state index is 12.9. The lowest BCUT2D eigenvalue weighted by Crippen LogP contribution is -2.52. The Hall–Kier alpha value is -2.25. The summed E-state index contributed by atoms with van der Waals surface area (Å²) in [4.78, 5) is 16.8. The Morgan fingerprint density at radius 1 is 1.07 bits per heavy atom. The maximum absolute atomic E-state index is 12.9. The van der Waals surface area contributed by atoms with Gasteiger partial charge in [0.25, 0.3) is 0 Å². The van der Waals surface area contributed by atoms with Crippen LogP contribution in [-0.2, 0) is 21.2 Å². The fourth-order valence-corrected chi connectivity index (χ4v) is 4.66. The number of hydrogen-bond donors (Lipinski definition) is 0. The molecule has 0 spiro atoms. The molecule has 1 saturated heterocycles. The van der Waals surface area contributed by atoms with Crippen LogP contribution >= 0.6 is 11.6 Å². The first-order valence-corrected chi connectivity index (χ1v) is 12.3. The molecule has 3 rings (SSSR count). The molecular weight excluding hydrogens is 422 g/mol. The van der Waals surface area contributed by atoms with E-state index in [4.69, 9.17) is 11.6 Å². The van der Waals surface area contributed by atoms with Gasteiger partial charge in [-0.2, -0.15) is 0 Å². The summed E-state index contributed by atoms with van der Waals surface area (Å²) in [5, 5.41) is 0.687. The second-order valence-electron chi connectivity index (χ2n) is 7.59. The fraction of sp³-hybridized carbons (Fsp3) is 0.409. The van der Waals surface area contributed by atoms with Gasteiger partial charge in [0.15, 0.2) is 0 Å². The van der Waals surface area contributed by atoms with Crippen molar-refractivity contribution in [2.45, 2.75) is 20.3 Å². The van der Waals surface area contributed by atoms with Gasteiger partial charge in [0, 0.05) is 36.9 Å². The average Bonchev–Trinajstić information content (AvgIpc) is 2.73. The highest BCUT2D eigenvalue weighted by Gasteiger charge is 2.27. The molecular formula is C22H28ClN3O3S. The molecule has 1 aliphatic rings. The normalized spacial score (nSPS) is 14.7. The fourth-order valence-electron chi connectivity index (χ4n) is 3.64. The second-order valence-corrected chi connectivity index (χ2v) is 9.93. The third kappa shape index (κ3) is 5.26. The van der Waals surface area contributed by atoms with E-state index in [-0.39, 0.29) is 12.5 Å². The summed E-state index contributed by atoms with van der Waals surface area (Å²) in [6.07, 6.45) is 2.00. The summed E-state index contributed by atoms with van der Waals surface area (Å²) >= 11 is 6.14. The number of hydrogen-bond acceptors (Lipinski definition) is 4. The summed E-state index contributed by atoms with van der Waals surface area (Å²) < 4.78 is 25.9. The molecule has 30 heavy (non-hydrogen) atoms. The Morgan fingerprint density at radius 2 is 1.70 bits per heavy atom. The highest BCUT2D eigenvalue weighted by molar-refractivity contribution is 7.92. The van der Waals surface area contributed by atoms with Crippen LogP contribution in [0.15, 0.2) is 42.5 Å². The standard InChI is InChI=1S/C22H28ClN3O3S/c1-4-18-6-9-20(10-7-18)26(30(3,28)29)16-22(27)25-13-11-24(12-14-25)21-15-19(23)8-5-17(21)2/h5-10,15H,4,11-14,16H2,1-3H3. The molecule has 2 aromatic rings. The van der Waals surface area contributed by atoms with Gasteiger partial charge in [-0.25, -0.2) is 8.42 Å². The largest absolute Gasteiger partial charge is 0.368 e. The molecule has 1 heterocycles. The predicted octanol–water partition coefficient (Wildman–Crippen LogP) is 3.33. The molecule has 0 unspecified atom stereocenters. The minimum atomic E-state index is -3.57. The topological polar surface area (TPSA) is 60.9 Å². The number of aryl methyl sites for hydroxylation is 2. The van der Waals surface area contributed by atoms with Crippen LogP contribution in [0.3, 0.4) is 0 Å². The summed E-state index contributed by atoms with van der Waals surface area (Å²) in [5.41, 5.74) is 3.84. The Labute approximate surface area is 184 Å². The third-order valence-corrected chi connectivity index (χ3v) is 6.83. The zero-order valence-electron chi connectivity index (χ0n) is 17.6. The van der Waals surface area contributed by atoms with Gasteiger partial charge in [-0.3, -0.25) is 9.10 Å². The molecule has 0 bridgehead atoms. The van der Waals surface area contributed by atoms with E-state index in [1.807, 2.05) is 44.2 Å². The van der Waals surface area contributed by atoms with Crippen molar-refractivity contribution in [1.29, 1.82) is 0 Å². The van der Waals surface area contributed by atoms with Crippen LogP contribution in [0.5, 0.6) is 0 Å². The molecule has 0 N–H and O–H groups in total. The van der Waals surface area contributed by atoms with Crippen LogP contribution in [0.25, 0.3) is 0 Å². The smallest absolute Gasteiger partial charge is 0.243 e. The minimum absolute atomic E-state index is 0.192. The Kier molecular flexibility index (Phi) is 6.93. The second kappa shape index (κ2) is 9.27. The van der Waals surface area contributed by atoms with Crippen LogP contribution in [0.4, 0.5) is 11.4 Å². The van der Waals surface area contributed by atoms with Crippen molar-refractivity contribution in [3.05, 3.63) is 58.6 Å². The number of piperazine rings is 1. The highest BCUT2D eigenvalue weighted by Crippen LogP contribution is 2.25. The van der Waals surface area contributed by atoms with Crippen molar-refractivity contribution in [3.63, 3.8) is 0 Å². The van der Waals surface area contributed by atoms with E-state index in [1.165, 1.54) is 4.31 Å². The van der Waals surface area contributed by atoms with Crippen LogP contribution in [0.1, 0.15) is 18.1 Å². The molecule has 6 nitrogen and oxygen atoms in total. The SMILES string of the molecule is CCc1ccc(N(CC(=O)N2CCN(c3cc(Cl)ccc3C)CC2)S(C)(=O)=O)cc1. The maximum Gasteiger partial charge on any atom is 0.243 e. The van der Waals surface area contributed by atoms with Gasteiger partial charge in [0.1, 0.15) is 6.54 Å². The quantitative estimate of drug-likeness (QED) is 0.678. The van der Waals surface area contributed by atoms with Crippen molar-refractivity contribution < 1.29 is 13.2 Å². The number of anilines is 2. The average molecular weight is 450 g/mol. The molecule has 2 aromatic carbocycles. The van der Waals surface area contributed by atoms with E-state index < -0.39 is 10.0 Å². The molecule has 0 radical (unpaired) electrons. The summed E-state index contributed by atoms with van der Waals surface area (Å²) in [7, 11) is -3.57. The number of carbonyl (C=O) groups excluding carboxylic acids is 1. The van der Waals surface area contributed by atoms with Gasteiger partial charge in [-0.1, -0.05) is 36.7 Å². The van der Waals surface area contributed by atoms with Gasteiger partial charge in [-0.15, -0.1) is 0 Å². The monoisotopic (exact) mass is 449 g/mol. The number of nitrogens with zero attached hydrogens (tertiary/aromatic N) is 3. The van der Waals surface area contributed by atoms with Gasteiger partial charge in [0.05, 0.1) is 11.9 Å². The molecule has 162 valence electrons. The van der Waals surface area contributed by atoms with Crippen molar-refractivity contribution in [2.24, 2.45) is 0 Å². The number of rotatable bonds is 6. The van der Waals surface area contributed by atoms with E-state index in [0.717, 1.165) is 29.5 Å². The predicted molar refractivity (Wildman–Crippen MR) is 123 cm³/mol. The lowest BCUT2D eigenvalue weighted by atomic mass is 10.1. The number of halogens is 1. The van der Waals surface area contributed by atoms with E-state index in [2.05, 4.69) is 4.90 Å². The Balaban J connectivity index is 1.68. The number of carbonyl (C=O) groups is 1. The van der Waals surface area contributed by atoms with E-state index >= 15 is 0 Å². The van der Waals surface area contributed by atoms with Gasteiger partial charge < -0.3 is 9.80 Å². The first-order valence-electron chi connectivity index (χ1n) is 10.0. The first-order chi connectivity index (χ1) is 14.2. The molecule has 0 saturated carbocycles. The van der Waals surface area contributed by atoms with E-state index in [9.17, 15) is 13.2 Å². The summed E-state index contributed by atoms with van der Waals surface area (Å²) in [6, 6.07) is 13.1. The molecule has 0 aromatic heterocycles. The van der Waals surface area contributed by atoms with Crippen LogP contribution in [0, 0.1) is 6.92 Å². The first kappa shape index (κ1) is 22.4. The lowest BCUT2D eigenvalue weighted by Gasteiger charge is -2.37. The molecule has 1 fully saturated rings. The Morgan fingerprint density at radius 3 is 2.27 bits per heavy atom. The highest BCUT2D eigenvalue weighted by atomic mass is 35.5. The van der Waals surface area contributed by atoms with Gasteiger partial charge >= 0.3 is 0 Å². The molecule has 1 amide bonds. The molecule has 0 aliphatic carbocycles. The summed E-state index contributed by atoms with van der Waals surface area (Å²) in [5.74, 6) is -0.192. The molecule has 8 heteroatoms. The van der Waals surface area contributed by atoms with Crippen molar-refractivity contribution in [2.75, 3.05) is 48.2 Å². The molecule has 0 atom stereocenters. The zero-order valence-corrected chi connectivity index (χ0v) is 19.2. The van der Waals surface area contributed by atoms with Crippen LogP contribution in [0.2, 0.25) is 5.02 Å². The number of benzene rings is 2. The third-order valence-electron chi connectivity index (χ3n) is 5.46.